The molecule has 1 aliphatic rings. The Labute approximate surface area is 158 Å². The molecule has 0 bridgehead atoms. The molecule has 1 saturated heterocycles. The summed E-state index contributed by atoms with van der Waals surface area (Å²) < 4.78 is 39.8. The standard InChI is InChI=1S/C20H21FN2O3S/c21-17-6-4-5-16(15-17)7-12-20(24)22-18-8-10-19(11-9-18)27(25,26)23-13-2-1-3-14-23/h4-12,15H,1-3,13-14H2,(H,22,24)/b12-7+. The number of sulfonamides is 1. The first-order chi connectivity index (χ1) is 12.9. The van der Waals surface area contributed by atoms with Gasteiger partial charge in [0.15, 0.2) is 0 Å². The fraction of sp³-hybridized carbons (Fsp3) is 0.250. The second-order valence-electron chi connectivity index (χ2n) is 6.37. The fourth-order valence-electron chi connectivity index (χ4n) is 2.93. The zero-order chi connectivity index (χ0) is 19.3. The summed E-state index contributed by atoms with van der Waals surface area (Å²) in [6.45, 7) is 1.09. The van der Waals surface area contributed by atoms with Gasteiger partial charge in [-0.1, -0.05) is 18.6 Å². The van der Waals surface area contributed by atoms with Crippen molar-refractivity contribution in [1.29, 1.82) is 0 Å². The molecular formula is C20H21FN2O3S. The maximum atomic E-state index is 13.1. The van der Waals surface area contributed by atoms with E-state index in [0.717, 1.165) is 19.3 Å². The third-order valence-electron chi connectivity index (χ3n) is 4.35. The maximum absolute atomic E-state index is 13.1. The number of benzene rings is 2. The van der Waals surface area contributed by atoms with Crippen LogP contribution in [0.25, 0.3) is 6.08 Å². The number of hydrogen-bond donors (Lipinski definition) is 1. The van der Waals surface area contributed by atoms with Gasteiger partial charge in [0, 0.05) is 24.9 Å². The van der Waals surface area contributed by atoms with Crippen molar-refractivity contribution in [2.75, 3.05) is 18.4 Å². The normalized spacial score (nSPS) is 15.7. The first-order valence-electron chi connectivity index (χ1n) is 8.80. The van der Waals surface area contributed by atoms with Crippen molar-refractivity contribution in [2.24, 2.45) is 0 Å². The Bertz CT molecular complexity index is 934. The molecule has 0 aliphatic carbocycles. The van der Waals surface area contributed by atoms with Gasteiger partial charge >= 0.3 is 0 Å². The third kappa shape index (κ3) is 5.02. The van der Waals surface area contributed by atoms with Crippen molar-refractivity contribution in [1.82, 2.24) is 4.31 Å². The van der Waals surface area contributed by atoms with E-state index in [-0.39, 0.29) is 16.6 Å². The lowest BCUT2D eigenvalue weighted by atomic mass is 10.2. The Morgan fingerprint density at radius 1 is 1.04 bits per heavy atom. The van der Waals surface area contributed by atoms with Crippen molar-refractivity contribution in [2.45, 2.75) is 24.2 Å². The number of amides is 1. The summed E-state index contributed by atoms with van der Waals surface area (Å²) in [6.07, 6.45) is 5.62. The Kier molecular flexibility index (Phi) is 6.03. The summed E-state index contributed by atoms with van der Waals surface area (Å²) in [4.78, 5) is 12.2. The lowest BCUT2D eigenvalue weighted by Crippen LogP contribution is -2.35. The van der Waals surface area contributed by atoms with Crippen LogP contribution in [0.1, 0.15) is 24.8 Å². The van der Waals surface area contributed by atoms with Crippen molar-refractivity contribution in [3.63, 3.8) is 0 Å². The lowest BCUT2D eigenvalue weighted by Gasteiger charge is -2.25. The Morgan fingerprint density at radius 2 is 1.74 bits per heavy atom. The fourth-order valence-corrected chi connectivity index (χ4v) is 4.45. The van der Waals surface area contributed by atoms with E-state index < -0.39 is 10.0 Å². The molecule has 1 fully saturated rings. The number of nitrogens with one attached hydrogen (secondary N) is 1. The zero-order valence-electron chi connectivity index (χ0n) is 14.8. The van der Waals surface area contributed by atoms with Crippen molar-refractivity contribution < 1.29 is 17.6 Å². The van der Waals surface area contributed by atoms with Crippen LogP contribution in [0.15, 0.2) is 59.5 Å². The van der Waals surface area contributed by atoms with Crippen LogP contribution in [0, 0.1) is 5.82 Å². The molecule has 5 nitrogen and oxygen atoms in total. The van der Waals surface area contributed by atoms with Crippen LogP contribution in [0.5, 0.6) is 0 Å². The van der Waals surface area contributed by atoms with Crippen LogP contribution < -0.4 is 5.32 Å². The van der Waals surface area contributed by atoms with Crippen LogP contribution in [0.4, 0.5) is 10.1 Å². The van der Waals surface area contributed by atoms with Crippen LogP contribution in [0.2, 0.25) is 0 Å². The lowest BCUT2D eigenvalue weighted by molar-refractivity contribution is -0.111. The molecule has 0 spiro atoms. The maximum Gasteiger partial charge on any atom is 0.248 e. The molecule has 1 amide bonds. The Balaban J connectivity index is 1.64. The van der Waals surface area contributed by atoms with E-state index in [9.17, 15) is 17.6 Å². The highest BCUT2D eigenvalue weighted by Gasteiger charge is 2.25. The van der Waals surface area contributed by atoms with Gasteiger partial charge in [-0.05, 0) is 60.9 Å². The summed E-state index contributed by atoms with van der Waals surface area (Å²) in [5.41, 5.74) is 1.06. The number of piperidine rings is 1. The summed E-state index contributed by atoms with van der Waals surface area (Å²) >= 11 is 0. The van der Waals surface area contributed by atoms with Gasteiger partial charge in [0.05, 0.1) is 4.90 Å². The minimum absolute atomic E-state index is 0.220. The molecule has 27 heavy (non-hydrogen) atoms. The molecule has 3 rings (SSSR count). The molecule has 142 valence electrons. The molecule has 7 heteroatoms. The molecule has 0 radical (unpaired) electrons. The van der Waals surface area contributed by atoms with Gasteiger partial charge in [0.1, 0.15) is 5.82 Å². The molecule has 1 heterocycles. The van der Waals surface area contributed by atoms with E-state index in [1.54, 1.807) is 24.3 Å². The molecule has 0 unspecified atom stereocenters. The predicted molar refractivity (Wildman–Crippen MR) is 103 cm³/mol. The molecule has 0 aromatic heterocycles. The highest BCUT2D eigenvalue weighted by Crippen LogP contribution is 2.22. The average Bonchev–Trinajstić information content (AvgIpc) is 2.68. The number of carbonyl (C=O) groups is 1. The molecular weight excluding hydrogens is 367 g/mol. The van der Waals surface area contributed by atoms with Gasteiger partial charge < -0.3 is 5.32 Å². The van der Waals surface area contributed by atoms with E-state index >= 15 is 0 Å². The first-order valence-corrected chi connectivity index (χ1v) is 10.2. The van der Waals surface area contributed by atoms with E-state index in [2.05, 4.69) is 5.32 Å². The van der Waals surface area contributed by atoms with Crippen LogP contribution in [-0.2, 0) is 14.8 Å². The summed E-state index contributed by atoms with van der Waals surface area (Å²) in [7, 11) is -3.49. The highest BCUT2D eigenvalue weighted by atomic mass is 32.2. The van der Waals surface area contributed by atoms with Gasteiger partial charge in [-0.25, -0.2) is 12.8 Å². The van der Waals surface area contributed by atoms with E-state index in [1.807, 2.05) is 0 Å². The van der Waals surface area contributed by atoms with Gasteiger partial charge in [0.25, 0.3) is 0 Å². The topological polar surface area (TPSA) is 66.5 Å². The smallest absolute Gasteiger partial charge is 0.248 e. The van der Waals surface area contributed by atoms with Crippen LogP contribution in [-0.4, -0.2) is 31.7 Å². The third-order valence-corrected chi connectivity index (χ3v) is 6.26. The van der Waals surface area contributed by atoms with Gasteiger partial charge in [-0.15, -0.1) is 0 Å². The summed E-state index contributed by atoms with van der Waals surface area (Å²) in [5.74, 6) is -0.756. The molecule has 2 aromatic rings. The highest BCUT2D eigenvalue weighted by molar-refractivity contribution is 7.89. The molecule has 2 aromatic carbocycles. The largest absolute Gasteiger partial charge is 0.323 e. The molecule has 0 saturated carbocycles. The number of rotatable bonds is 5. The van der Waals surface area contributed by atoms with Crippen LogP contribution in [0.3, 0.4) is 0 Å². The first kappa shape index (κ1) is 19.3. The summed E-state index contributed by atoms with van der Waals surface area (Å²) in [6, 6.07) is 12.0. The van der Waals surface area contributed by atoms with E-state index in [4.69, 9.17) is 0 Å². The average molecular weight is 388 g/mol. The number of hydrogen-bond acceptors (Lipinski definition) is 3. The minimum atomic E-state index is -3.49. The van der Waals surface area contributed by atoms with Crippen molar-refractivity contribution in [3.05, 3.63) is 66.0 Å². The Hall–Kier alpha value is -2.51. The summed E-state index contributed by atoms with van der Waals surface area (Å²) in [5, 5.41) is 2.66. The van der Waals surface area contributed by atoms with Crippen molar-refractivity contribution in [3.8, 4) is 0 Å². The minimum Gasteiger partial charge on any atom is -0.323 e. The van der Waals surface area contributed by atoms with E-state index in [1.165, 1.54) is 40.7 Å². The zero-order valence-corrected chi connectivity index (χ0v) is 15.6. The number of halogens is 1. The second-order valence-corrected chi connectivity index (χ2v) is 8.30. The molecule has 1 aliphatic heterocycles. The van der Waals surface area contributed by atoms with Crippen LogP contribution >= 0.6 is 0 Å². The Morgan fingerprint density at radius 3 is 2.41 bits per heavy atom. The van der Waals surface area contributed by atoms with Gasteiger partial charge in [0.2, 0.25) is 15.9 Å². The number of carbonyl (C=O) groups excluding carboxylic acids is 1. The number of anilines is 1. The monoisotopic (exact) mass is 388 g/mol. The molecule has 1 N–H and O–H groups in total. The predicted octanol–water partition coefficient (Wildman–Crippen LogP) is 3.65. The number of nitrogens with zero attached hydrogens (tertiary/aromatic N) is 1. The SMILES string of the molecule is O=C(/C=C/c1cccc(F)c1)Nc1ccc(S(=O)(=O)N2CCCCC2)cc1. The van der Waals surface area contributed by atoms with E-state index in [0.29, 0.717) is 24.3 Å². The van der Waals surface area contributed by atoms with Gasteiger partial charge in [-0.3, -0.25) is 4.79 Å². The second kappa shape index (κ2) is 8.45. The quantitative estimate of drug-likeness (QED) is 0.795. The molecule has 0 atom stereocenters. The van der Waals surface area contributed by atoms with Gasteiger partial charge in [-0.2, -0.15) is 4.31 Å². The van der Waals surface area contributed by atoms with Crippen molar-refractivity contribution >= 4 is 27.7 Å².